The van der Waals surface area contributed by atoms with Crippen LogP contribution in [0.15, 0.2) is 59.4 Å². The molecule has 4 rings (SSSR count). The molecule has 8 heteroatoms. The molecule has 2 N–H and O–H groups in total. The molecule has 130 valence electrons. The first-order chi connectivity index (χ1) is 12.7. The maximum atomic E-state index is 10.6. The number of carboxylic acid groups (broad SMARTS) is 1. The molecule has 0 aliphatic heterocycles. The molecule has 1 aromatic carbocycles. The molecule has 0 amide bonds. The van der Waals surface area contributed by atoms with E-state index in [1.54, 1.807) is 23.1 Å². The number of furan rings is 1. The van der Waals surface area contributed by atoms with Crippen molar-refractivity contribution in [3.05, 3.63) is 66.3 Å². The van der Waals surface area contributed by atoms with Gasteiger partial charge in [-0.1, -0.05) is 35.6 Å². The lowest BCUT2D eigenvalue weighted by Gasteiger charge is -2.00. The number of benzene rings is 1. The van der Waals surface area contributed by atoms with Gasteiger partial charge >= 0.3 is 5.97 Å². The lowest BCUT2D eigenvalue weighted by molar-refractivity contribution is -0.131. The third-order valence-electron chi connectivity index (χ3n) is 3.70. The average Bonchev–Trinajstić information content (AvgIpc) is 3.35. The molecule has 3 heterocycles. The molecule has 26 heavy (non-hydrogen) atoms. The Bertz CT molecular complexity index is 1060. The van der Waals surface area contributed by atoms with Crippen LogP contribution >= 0.6 is 11.3 Å². The number of rotatable bonds is 6. The molecule has 0 radical (unpaired) electrons. The van der Waals surface area contributed by atoms with Crippen molar-refractivity contribution in [1.82, 2.24) is 14.6 Å². The standard InChI is InChI=1S/C18H14N4O3S/c23-16(24)8-5-12-3-6-13(7-4-12)15-11-20-18-22(15)21-17(26-18)19-10-14-2-1-9-25-14/h1-9,11H,10H2,(H,19,21)(H,23,24)/b8-5+. The second kappa shape index (κ2) is 6.85. The topological polar surface area (TPSA) is 92.7 Å². The third-order valence-corrected chi connectivity index (χ3v) is 4.58. The van der Waals surface area contributed by atoms with Gasteiger partial charge in [0.1, 0.15) is 5.76 Å². The Morgan fingerprint density at radius 1 is 1.31 bits per heavy atom. The number of nitrogens with zero attached hydrogens (tertiary/aromatic N) is 3. The van der Waals surface area contributed by atoms with Gasteiger partial charge in [-0.05, 0) is 23.8 Å². The summed E-state index contributed by atoms with van der Waals surface area (Å²) in [4.78, 5) is 15.8. The number of aliphatic carboxylic acids is 1. The highest BCUT2D eigenvalue weighted by atomic mass is 32.1. The molecule has 0 spiro atoms. The Kier molecular flexibility index (Phi) is 4.24. The second-order valence-corrected chi connectivity index (χ2v) is 6.43. The summed E-state index contributed by atoms with van der Waals surface area (Å²) in [5.74, 6) is -0.133. The van der Waals surface area contributed by atoms with Crippen LogP contribution in [0.3, 0.4) is 0 Å². The van der Waals surface area contributed by atoms with Gasteiger partial charge in [-0.2, -0.15) is 0 Å². The number of hydrogen-bond acceptors (Lipinski definition) is 6. The summed E-state index contributed by atoms with van der Waals surface area (Å²) in [5.41, 5.74) is 2.64. The fourth-order valence-electron chi connectivity index (χ4n) is 2.47. The van der Waals surface area contributed by atoms with Crippen LogP contribution in [-0.2, 0) is 11.3 Å². The zero-order chi connectivity index (χ0) is 17.9. The molecule has 0 unspecified atom stereocenters. The number of carbonyl (C=O) groups is 1. The van der Waals surface area contributed by atoms with Gasteiger partial charge < -0.3 is 14.8 Å². The Balaban J connectivity index is 1.55. The van der Waals surface area contributed by atoms with Crippen molar-refractivity contribution in [2.75, 3.05) is 5.32 Å². The van der Waals surface area contributed by atoms with Crippen molar-refractivity contribution in [3.63, 3.8) is 0 Å². The summed E-state index contributed by atoms with van der Waals surface area (Å²) >= 11 is 1.46. The quantitative estimate of drug-likeness (QED) is 0.505. The van der Waals surface area contributed by atoms with E-state index in [0.29, 0.717) is 6.54 Å². The number of hydrogen-bond donors (Lipinski definition) is 2. The molecule has 0 aliphatic rings. The largest absolute Gasteiger partial charge is 0.478 e. The highest BCUT2D eigenvalue weighted by Crippen LogP contribution is 2.26. The molecule has 0 aliphatic carbocycles. The molecule has 0 saturated carbocycles. The Morgan fingerprint density at radius 3 is 2.88 bits per heavy atom. The maximum absolute atomic E-state index is 10.6. The molecular formula is C18H14N4O3S. The van der Waals surface area contributed by atoms with Crippen molar-refractivity contribution < 1.29 is 14.3 Å². The van der Waals surface area contributed by atoms with Crippen LogP contribution in [0.4, 0.5) is 5.13 Å². The molecule has 7 nitrogen and oxygen atoms in total. The minimum Gasteiger partial charge on any atom is -0.478 e. The van der Waals surface area contributed by atoms with Crippen LogP contribution in [0.1, 0.15) is 11.3 Å². The minimum absolute atomic E-state index is 0.559. The van der Waals surface area contributed by atoms with E-state index in [1.165, 1.54) is 11.3 Å². The summed E-state index contributed by atoms with van der Waals surface area (Å²) in [5, 5.41) is 17.2. The van der Waals surface area contributed by atoms with Crippen LogP contribution < -0.4 is 5.32 Å². The summed E-state index contributed by atoms with van der Waals surface area (Å²) in [6.45, 7) is 0.559. The summed E-state index contributed by atoms with van der Waals surface area (Å²) in [6, 6.07) is 11.3. The Hall–Kier alpha value is -3.39. The lowest BCUT2D eigenvalue weighted by Crippen LogP contribution is -1.98. The lowest BCUT2D eigenvalue weighted by atomic mass is 10.1. The number of anilines is 1. The third kappa shape index (κ3) is 3.35. The van der Waals surface area contributed by atoms with Gasteiger partial charge in [-0.15, -0.1) is 5.10 Å². The SMILES string of the molecule is O=C(O)/C=C/c1ccc(-c2cnc3sc(NCc4ccco4)nn23)cc1. The van der Waals surface area contributed by atoms with Gasteiger partial charge in [-0.25, -0.2) is 14.3 Å². The van der Waals surface area contributed by atoms with Crippen LogP contribution in [0.25, 0.3) is 22.3 Å². The number of aromatic nitrogens is 3. The van der Waals surface area contributed by atoms with Crippen LogP contribution in [0.5, 0.6) is 0 Å². The van der Waals surface area contributed by atoms with Crippen LogP contribution in [-0.4, -0.2) is 25.7 Å². The fraction of sp³-hybridized carbons (Fsp3) is 0.0556. The second-order valence-electron chi connectivity index (χ2n) is 5.47. The van der Waals surface area contributed by atoms with E-state index in [4.69, 9.17) is 9.52 Å². The van der Waals surface area contributed by atoms with Crippen LogP contribution in [0.2, 0.25) is 0 Å². The highest BCUT2D eigenvalue weighted by molar-refractivity contribution is 7.20. The minimum atomic E-state index is -0.969. The summed E-state index contributed by atoms with van der Waals surface area (Å²) < 4.78 is 7.09. The molecule has 0 atom stereocenters. The monoisotopic (exact) mass is 366 g/mol. The number of fused-ring (bicyclic) bond motifs is 1. The van der Waals surface area contributed by atoms with Crippen LogP contribution in [0, 0.1) is 0 Å². The normalized spacial score (nSPS) is 11.4. The molecule has 0 bridgehead atoms. The van der Waals surface area contributed by atoms with Gasteiger partial charge in [0.05, 0.1) is 24.7 Å². The zero-order valence-electron chi connectivity index (χ0n) is 13.5. The Morgan fingerprint density at radius 2 is 2.15 bits per heavy atom. The van der Waals surface area contributed by atoms with Gasteiger partial charge in [0, 0.05) is 11.6 Å². The number of carboxylic acids is 1. The average molecular weight is 366 g/mol. The van der Waals surface area contributed by atoms with E-state index < -0.39 is 5.97 Å². The van der Waals surface area contributed by atoms with Gasteiger partial charge in [0.15, 0.2) is 0 Å². The van der Waals surface area contributed by atoms with Crippen molar-refractivity contribution in [3.8, 4) is 11.3 Å². The first-order valence-corrected chi connectivity index (χ1v) is 8.63. The molecule has 3 aromatic heterocycles. The zero-order valence-corrected chi connectivity index (χ0v) is 14.3. The number of imidazole rings is 1. The predicted octanol–water partition coefficient (Wildman–Crippen LogP) is 3.76. The van der Waals surface area contributed by atoms with Crippen molar-refractivity contribution >= 4 is 33.5 Å². The van der Waals surface area contributed by atoms with E-state index in [-0.39, 0.29) is 0 Å². The van der Waals surface area contributed by atoms with E-state index in [0.717, 1.165) is 38.7 Å². The highest BCUT2D eigenvalue weighted by Gasteiger charge is 2.11. The van der Waals surface area contributed by atoms with Crippen molar-refractivity contribution in [2.45, 2.75) is 6.54 Å². The van der Waals surface area contributed by atoms with Crippen molar-refractivity contribution in [2.24, 2.45) is 0 Å². The first-order valence-electron chi connectivity index (χ1n) is 7.81. The summed E-state index contributed by atoms with van der Waals surface area (Å²) in [6.07, 6.45) is 6.08. The van der Waals surface area contributed by atoms with Gasteiger partial charge in [0.25, 0.3) is 0 Å². The summed E-state index contributed by atoms with van der Waals surface area (Å²) in [7, 11) is 0. The molecule has 4 aromatic rings. The van der Waals surface area contributed by atoms with Crippen molar-refractivity contribution in [1.29, 1.82) is 0 Å². The molecule has 0 fully saturated rings. The van der Waals surface area contributed by atoms with E-state index in [1.807, 2.05) is 36.4 Å². The first kappa shape index (κ1) is 16.1. The van der Waals surface area contributed by atoms with E-state index in [2.05, 4.69) is 15.4 Å². The molecular weight excluding hydrogens is 352 g/mol. The van der Waals surface area contributed by atoms with Gasteiger partial charge in [0.2, 0.25) is 10.1 Å². The smallest absolute Gasteiger partial charge is 0.328 e. The molecule has 0 saturated heterocycles. The van der Waals surface area contributed by atoms with E-state index in [9.17, 15) is 4.79 Å². The number of nitrogens with one attached hydrogen (secondary N) is 1. The fourth-order valence-corrected chi connectivity index (χ4v) is 3.24. The predicted molar refractivity (Wildman–Crippen MR) is 99.0 cm³/mol. The van der Waals surface area contributed by atoms with Gasteiger partial charge in [-0.3, -0.25) is 0 Å². The maximum Gasteiger partial charge on any atom is 0.328 e. The Labute approximate surface area is 152 Å². The van der Waals surface area contributed by atoms with E-state index >= 15 is 0 Å².